The average molecular weight is 327 g/mol. The highest BCUT2D eigenvalue weighted by Gasteiger charge is 2.07. The van der Waals surface area contributed by atoms with Crippen LogP contribution in [0.25, 0.3) is 0 Å². The van der Waals surface area contributed by atoms with Gasteiger partial charge in [-0.05, 0) is 30.3 Å². The van der Waals surface area contributed by atoms with Crippen LogP contribution in [-0.2, 0) is 0 Å². The molecule has 0 aliphatic heterocycles. The quantitative estimate of drug-likeness (QED) is 0.786. The summed E-state index contributed by atoms with van der Waals surface area (Å²) in [4.78, 5) is 0. The summed E-state index contributed by atoms with van der Waals surface area (Å²) in [5.41, 5.74) is 0.379. The second kappa shape index (κ2) is 5.38. The topological polar surface area (TPSA) is 33.0 Å². The van der Waals surface area contributed by atoms with E-state index in [0.717, 1.165) is 4.47 Å². The standard InChI is InChI=1S/C13H6BrClFNO/c14-9-1-4-13(8(5-9)7-17)18-10-2-3-12(16)11(15)6-10/h1-6H. The summed E-state index contributed by atoms with van der Waals surface area (Å²) in [5, 5.41) is 8.96. The van der Waals surface area contributed by atoms with Crippen molar-refractivity contribution in [3.63, 3.8) is 0 Å². The van der Waals surface area contributed by atoms with Crippen molar-refractivity contribution in [2.24, 2.45) is 0 Å². The fourth-order valence-corrected chi connectivity index (χ4v) is 1.88. The van der Waals surface area contributed by atoms with Crippen molar-refractivity contribution in [3.05, 3.63) is 57.3 Å². The summed E-state index contributed by atoms with van der Waals surface area (Å²) in [7, 11) is 0. The minimum absolute atomic E-state index is 0.0249. The Morgan fingerprint density at radius 1 is 1.22 bits per heavy atom. The maximum atomic E-state index is 13.0. The SMILES string of the molecule is N#Cc1cc(Br)ccc1Oc1ccc(F)c(Cl)c1. The van der Waals surface area contributed by atoms with Crippen molar-refractivity contribution in [1.29, 1.82) is 5.26 Å². The van der Waals surface area contributed by atoms with Gasteiger partial charge >= 0.3 is 0 Å². The summed E-state index contributed by atoms with van der Waals surface area (Å²) in [6.07, 6.45) is 0. The summed E-state index contributed by atoms with van der Waals surface area (Å²) >= 11 is 8.92. The van der Waals surface area contributed by atoms with Gasteiger partial charge in [0.25, 0.3) is 0 Å². The van der Waals surface area contributed by atoms with Crippen LogP contribution in [0.5, 0.6) is 11.5 Å². The van der Waals surface area contributed by atoms with Crippen LogP contribution in [0.1, 0.15) is 5.56 Å². The fraction of sp³-hybridized carbons (Fsp3) is 0. The number of hydrogen-bond acceptors (Lipinski definition) is 2. The van der Waals surface area contributed by atoms with Crippen molar-refractivity contribution in [3.8, 4) is 17.6 Å². The van der Waals surface area contributed by atoms with E-state index in [-0.39, 0.29) is 5.02 Å². The first kappa shape index (κ1) is 12.9. The zero-order chi connectivity index (χ0) is 13.1. The highest BCUT2D eigenvalue weighted by atomic mass is 79.9. The van der Waals surface area contributed by atoms with Crippen LogP contribution in [0.3, 0.4) is 0 Å². The van der Waals surface area contributed by atoms with Crippen molar-refractivity contribution < 1.29 is 9.13 Å². The van der Waals surface area contributed by atoms with Crippen LogP contribution in [0.15, 0.2) is 40.9 Å². The zero-order valence-electron chi connectivity index (χ0n) is 8.95. The maximum absolute atomic E-state index is 13.0. The first-order chi connectivity index (χ1) is 8.60. The van der Waals surface area contributed by atoms with Crippen LogP contribution >= 0.6 is 27.5 Å². The molecule has 2 aromatic rings. The number of hydrogen-bond donors (Lipinski definition) is 0. The van der Waals surface area contributed by atoms with Gasteiger partial charge in [0.1, 0.15) is 23.4 Å². The maximum Gasteiger partial charge on any atom is 0.145 e. The van der Waals surface area contributed by atoms with Crippen LogP contribution in [0.4, 0.5) is 4.39 Å². The third-order valence-corrected chi connectivity index (χ3v) is 2.96. The smallest absolute Gasteiger partial charge is 0.145 e. The molecule has 0 aliphatic carbocycles. The Labute approximate surface area is 117 Å². The fourth-order valence-electron chi connectivity index (χ4n) is 1.35. The van der Waals surface area contributed by atoms with Gasteiger partial charge in [-0.1, -0.05) is 27.5 Å². The van der Waals surface area contributed by atoms with Crippen molar-refractivity contribution in [2.45, 2.75) is 0 Å². The Kier molecular flexibility index (Phi) is 3.85. The lowest BCUT2D eigenvalue weighted by Gasteiger charge is -2.08. The van der Waals surface area contributed by atoms with Gasteiger partial charge in [0, 0.05) is 10.5 Å². The lowest BCUT2D eigenvalue weighted by atomic mass is 10.2. The molecule has 0 spiro atoms. The van der Waals surface area contributed by atoms with Crippen molar-refractivity contribution in [2.75, 3.05) is 0 Å². The van der Waals surface area contributed by atoms with E-state index in [2.05, 4.69) is 15.9 Å². The molecule has 2 nitrogen and oxygen atoms in total. The normalized spacial score (nSPS) is 9.89. The molecule has 0 N–H and O–H groups in total. The molecule has 2 rings (SSSR count). The van der Waals surface area contributed by atoms with E-state index in [1.165, 1.54) is 18.2 Å². The lowest BCUT2D eigenvalue weighted by molar-refractivity contribution is 0.479. The van der Waals surface area contributed by atoms with Crippen LogP contribution < -0.4 is 4.74 Å². The van der Waals surface area contributed by atoms with Crippen LogP contribution in [0, 0.1) is 17.1 Å². The molecule has 2 aromatic carbocycles. The van der Waals surface area contributed by atoms with Gasteiger partial charge in [0.05, 0.1) is 10.6 Å². The molecule has 5 heteroatoms. The first-order valence-corrected chi connectivity index (χ1v) is 6.10. The average Bonchev–Trinajstić information content (AvgIpc) is 2.36. The number of ether oxygens (including phenoxy) is 1. The molecule has 90 valence electrons. The molecule has 18 heavy (non-hydrogen) atoms. The zero-order valence-corrected chi connectivity index (χ0v) is 11.3. The molecular weight excluding hydrogens is 321 g/mol. The highest BCUT2D eigenvalue weighted by Crippen LogP contribution is 2.29. The third-order valence-electron chi connectivity index (χ3n) is 2.18. The molecule has 0 aliphatic rings. The first-order valence-electron chi connectivity index (χ1n) is 4.92. The predicted octanol–water partition coefficient (Wildman–Crippen LogP) is 4.91. The van der Waals surface area contributed by atoms with E-state index >= 15 is 0 Å². The monoisotopic (exact) mass is 325 g/mol. The van der Waals surface area contributed by atoms with Crippen LogP contribution in [-0.4, -0.2) is 0 Å². The highest BCUT2D eigenvalue weighted by molar-refractivity contribution is 9.10. The largest absolute Gasteiger partial charge is 0.456 e. The molecule has 0 fully saturated rings. The Hall–Kier alpha value is -1.57. The minimum Gasteiger partial charge on any atom is -0.456 e. The van der Waals surface area contributed by atoms with E-state index in [4.69, 9.17) is 21.6 Å². The molecule has 0 aromatic heterocycles. The van der Waals surface area contributed by atoms with Crippen molar-refractivity contribution in [1.82, 2.24) is 0 Å². The van der Waals surface area contributed by atoms with E-state index < -0.39 is 5.82 Å². The second-order valence-electron chi connectivity index (χ2n) is 3.43. The Balaban J connectivity index is 2.34. The van der Waals surface area contributed by atoms with E-state index in [9.17, 15) is 4.39 Å². The van der Waals surface area contributed by atoms with Crippen LogP contribution in [0.2, 0.25) is 5.02 Å². The summed E-state index contributed by atoms with van der Waals surface area (Å²) in [5.74, 6) is 0.254. The Bertz CT molecular complexity index is 639. The molecule has 0 unspecified atom stereocenters. The molecule has 0 heterocycles. The van der Waals surface area contributed by atoms with E-state index in [1.807, 2.05) is 6.07 Å². The molecule has 0 saturated heterocycles. The van der Waals surface area contributed by atoms with Gasteiger partial charge in [-0.3, -0.25) is 0 Å². The number of nitrogens with zero attached hydrogens (tertiary/aromatic N) is 1. The molecule has 0 amide bonds. The third kappa shape index (κ3) is 2.81. The van der Waals surface area contributed by atoms with E-state index in [1.54, 1.807) is 18.2 Å². The molecule has 0 bridgehead atoms. The summed E-state index contributed by atoms with van der Waals surface area (Å²) in [6.45, 7) is 0. The minimum atomic E-state index is -0.514. The number of benzene rings is 2. The number of rotatable bonds is 2. The van der Waals surface area contributed by atoms with Gasteiger partial charge in [0.2, 0.25) is 0 Å². The number of nitriles is 1. The lowest BCUT2D eigenvalue weighted by Crippen LogP contribution is -1.89. The van der Waals surface area contributed by atoms with Gasteiger partial charge in [-0.2, -0.15) is 5.26 Å². The van der Waals surface area contributed by atoms with Crippen molar-refractivity contribution >= 4 is 27.5 Å². The molecule has 0 saturated carbocycles. The van der Waals surface area contributed by atoms with Gasteiger partial charge < -0.3 is 4.74 Å². The predicted molar refractivity (Wildman–Crippen MR) is 70.3 cm³/mol. The molecule has 0 radical (unpaired) electrons. The Morgan fingerprint density at radius 2 is 2.00 bits per heavy atom. The second-order valence-corrected chi connectivity index (χ2v) is 4.75. The summed E-state index contributed by atoms with van der Waals surface area (Å²) < 4.78 is 19.3. The molecule has 0 atom stereocenters. The van der Waals surface area contributed by atoms with Gasteiger partial charge in [0.15, 0.2) is 0 Å². The van der Waals surface area contributed by atoms with Gasteiger partial charge in [-0.25, -0.2) is 4.39 Å². The summed E-state index contributed by atoms with van der Waals surface area (Å²) in [6, 6.07) is 11.1. The number of halogens is 3. The Morgan fingerprint density at radius 3 is 2.67 bits per heavy atom. The van der Waals surface area contributed by atoms with E-state index in [0.29, 0.717) is 17.1 Å². The molecular formula is C13H6BrClFNO. The van der Waals surface area contributed by atoms with Gasteiger partial charge in [-0.15, -0.1) is 0 Å².